The largest absolute Gasteiger partial charge is 0.389 e. The van der Waals surface area contributed by atoms with Gasteiger partial charge < -0.3 is 15.4 Å². The molecule has 0 fully saturated rings. The molecule has 0 aliphatic rings. The van der Waals surface area contributed by atoms with E-state index in [-0.39, 0.29) is 18.1 Å². The zero-order valence-electron chi connectivity index (χ0n) is 9.92. The minimum absolute atomic E-state index is 0.0792. The van der Waals surface area contributed by atoms with E-state index in [1.54, 1.807) is 0 Å². The number of hydrogen-bond acceptors (Lipinski definition) is 4. The summed E-state index contributed by atoms with van der Waals surface area (Å²) in [5.41, 5.74) is 0.0792. The van der Waals surface area contributed by atoms with E-state index in [2.05, 4.69) is 10.4 Å². The molecular formula is C11H8F2N4O3. The lowest BCUT2D eigenvalue weighted by Crippen LogP contribution is -2.19. The molecule has 104 valence electrons. The number of halogens is 2. The van der Waals surface area contributed by atoms with Crippen LogP contribution in [0, 0.1) is 21.7 Å². The van der Waals surface area contributed by atoms with Gasteiger partial charge in [0.05, 0.1) is 17.4 Å². The molecule has 1 heterocycles. The number of benzene rings is 1. The van der Waals surface area contributed by atoms with Gasteiger partial charge in [0.2, 0.25) is 5.91 Å². The summed E-state index contributed by atoms with van der Waals surface area (Å²) in [4.78, 5) is 21.3. The third-order valence-electron chi connectivity index (χ3n) is 2.32. The number of carbonyl (C=O) groups is 1. The summed E-state index contributed by atoms with van der Waals surface area (Å²) >= 11 is 0. The second-order valence-corrected chi connectivity index (χ2v) is 3.81. The van der Waals surface area contributed by atoms with Crippen LogP contribution < -0.4 is 5.32 Å². The van der Waals surface area contributed by atoms with E-state index < -0.39 is 22.5 Å². The first-order valence-corrected chi connectivity index (χ1v) is 5.38. The first-order chi connectivity index (χ1) is 9.45. The molecule has 1 amide bonds. The van der Waals surface area contributed by atoms with Gasteiger partial charge in [-0.1, -0.05) is 0 Å². The summed E-state index contributed by atoms with van der Waals surface area (Å²) in [6, 6.07) is 4.05. The normalized spacial score (nSPS) is 10.3. The van der Waals surface area contributed by atoms with Crippen LogP contribution in [0.1, 0.15) is 0 Å². The van der Waals surface area contributed by atoms with Crippen molar-refractivity contribution in [1.29, 1.82) is 0 Å². The lowest BCUT2D eigenvalue weighted by Gasteiger charge is -2.04. The molecular weight excluding hydrogens is 274 g/mol. The van der Waals surface area contributed by atoms with Gasteiger partial charge in [-0.3, -0.25) is 4.79 Å². The summed E-state index contributed by atoms with van der Waals surface area (Å²) in [6.07, 6.45) is 1.27. The van der Waals surface area contributed by atoms with Crippen molar-refractivity contribution in [3.63, 3.8) is 0 Å². The molecule has 0 aliphatic heterocycles. The van der Waals surface area contributed by atoms with Crippen LogP contribution in [0.25, 0.3) is 0 Å². The second kappa shape index (κ2) is 5.43. The van der Waals surface area contributed by atoms with Crippen LogP contribution in [0.2, 0.25) is 0 Å². The topological polar surface area (TPSA) is 90.1 Å². The van der Waals surface area contributed by atoms with Crippen LogP contribution in [-0.4, -0.2) is 20.6 Å². The molecule has 0 saturated heterocycles. The highest BCUT2D eigenvalue weighted by atomic mass is 19.2. The molecule has 1 aromatic heterocycles. The van der Waals surface area contributed by atoms with Crippen LogP contribution in [0.3, 0.4) is 0 Å². The van der Waals surface area contributed by atoms with Crippen LogP contribution in [0.4, 0.5) is 20.3 Å². The lowest BCUT2D eigenvalue weighted by molar-refractivity contribution is -0.389. The van der Waals surface area contributed by atoms with Gasteiger partial charge in [0, 0.05) is 11.8 Å². The van der Waals surface area contributed by atoms with E-state index in [4.69, 9.17) is 0 Å². The van der Waals surface area contributed by atoms with Crippen molar-refractivity contribution >= 4 is 17.4 Å². The maximum atomic E-state index is 12.9. The van der Waals surface area contributed by atoms with Crippen molar-refractivity contribution in [1.82, 2.24) is 9.78 Å². The lowest BCUT2D eigenvalue weighted by atomic mass is 10.3. The predicted molar refractivity (Wildman–Crippen MR) is 63.9 cm³/mol. The number of amides is 1. The summed E-state index contributed by atoms with van der Waals surface area (Å²) < 4.78 is 26.7. The van der Waals surface area contributed by atoms with Crippen molar-refractivity contribution in [3.05, 3.63) is 52.2 Å². The Bertz CT molecular complexity index is 671. The average molecular weight is 282 g/mol. The highest BCUT2D eigenvalue weighted by Crippen LogP contribution is 2.13. The summed E-state index contributed by atoms with van der Waals surface area (Å²) in [5.74, 6) is -3.07. The van der Waals surface area contributed by atoms with Crippen molar-refractivity contribution < 1.29 is 18.5 Å². The zero-order chi connectivity index (χ0) is 14.7. The summed E-state index contributed by atoms with van der Waals surface area (Å²) in [7, 11) is 0. The maximum Gasteiger partial charge on any atom is 0.389 e. The van der Waals surface area contributed by atoms with Gasteiger partial charge in [0.15, 0.2) is 11.6 Å². The van der Waals surface area contributed by atoms with Crippen LogP contribution in [-0.2, 0) is 11.3 Å². The molecule has 20 heavy (non-hydrogen) atoms. The van der Waals surface area contributed by atoms with Crippen molar-refractivity contribution in [3.8, 4) is 0 Å². The summed E-state index contributed by atoms with van der Waals surface area (Å²) in [6.45, 7) is -0.285. The van der Waals surface area contributed by atoms with Gasteiger partial charge in [-0.2, -0.15) is 4.68 Å². The number of hydrogen-bond donors (Lipinski definition) is 1. The molecule has 0 radical (unpaired) electrons. The molecule has 0 unspecified atom stereocenters. The molecule has 0 bridgehead atoms. The minimum atomic E-state index is -1.09. The number of rotatable bonds is 4. The summed E-state index contributed by atoms with van der Waals surface area (Å²) in [5, 5.41) is 16.3. The fourth-order valence-electron chi connectivity index (χ4n) is 1.46. The van der Waals surface area contributed by atoms with Crippen LogP contribution in [0.15, 0.2) is 30.5 Å². The number of nitrogens with one attached hydrogen (secondary N) is 1. The highest BCUT2D eigenvalue weighted by Gasteiger charge is 2.13. The Morgan fingerprint density at radius 1 is 1.35 bits per heavy atom. The fraction of sp³-hybridized carbons (Fsp3) is 0.0909. The Balaban J connectivity index is 2.01. The quantitative estimate of drug-likeness (QED) is 0.682. The SMILES string of the molecule is O=C(Cn1ccc([N+](=O)[O-])n1)Nc1ccc(F)c(F)c1. The Hall–Kier alpha value is -2.84. The molecule has 0 saturated carbocycles. The molecule has 0 spiro atoms. The van der Waals surface area contributed by atoms with E-state index in [0.29, 0.717) is 0 Å². The van der Waals surface area contributed by atoms with Gasteiger partial charge in [0.1, 0.15) is 6.54 Å². The average Bonchev–Trinajstić information content (AvgIpc) is 2.82. The first kappa shape index (κ1) is 13.6. The molecule has 1 N–H and O–H groups in total. The Morgan fingerprint density at radius 3 is 2.70 bits per heavy atom. The van der Waals surface area contributed by atoms with Gasteiger partial charge in [-0.15, -0.1) is 0 Å². The standard InChI is InChI=1S/C11H8F2N4O3/c12-8-2-1-7(5-9(8)13)14-11(18)6-16-4-3-10(15-16)17(19)20/h1-5H,6H2,(H,14,18). The third kappa shape index (κ3) is 3.13. The number of nitro groups is 1. The molecule has 2 aromatic rings. The van der Waals surface area contributed by atoms with Crippen molar-refractivity contribution in [2.75, 3.05) is 5.32 Å². The van der Waals surface area contributed by atoms with Crippen molar-refractivity contribution in [2.45, 2.75) is 6.54 Å². The van der Waals surface area contributed by atoms with Crippen LogP contribution in [0.5, 0.6) is 0 Å². The number of nitrogens with zero attached hydrogens (tertiary/aromatic N) is 3. The molecule has 2 rings (SSSR count). The maximum absolute atomic E-state index is 12.9. The smallest absolute Gasteiger partial charge is 0.358 e. The van der Waals surface area contributed by atoms with Gasteiger partial charge in [0.25, 0.3) is 0 Å². The highest BCUT2D eigenvalue weighted by molar-refractivity contribution is 5.90. The third-order valence-corrected chi connectivity index (χ3v) is 2.32. The van der Waals surface area contributed by atoms with Gasteiger partial charge in [-0.25, -0.2) is 8.78 Å². The van der Waals surface area contributed by atoms with E-state index in [1.807, 2.05) is 0 Å². The van der Waals surface area contributed by atoms with E-state index in [1.165, 1.54) is 12.3 Å². The molecule has 1 aromatic carbocycles. The molecule has 0 atom stereocenters. The second-order valence-electron chi connectivity index (χ2n) is 3.81. The number of anilines is 1. The minimum Gasteiger partial charge on any atom is -0.358 e. The van der Waals surface area contributed by atoms with Crippen molar-refractivity contribution in [2.24, 2.45) is 0 Å². The molecule has 7 nitrogen and oxygen atoms in total. The number of aromatic nitrogens is 2. The monoisotopic (exact) mass is 282 g/mol. The van der Waals surface area contributed by atoms with E-state index in [0.717, 1.165) is 22.9 Å². The van der Waals surface area contributed by atoms with Crippen LogP contribution >= 0.6 is 0 Å². The Labute approximate surface area is 111 Å². The van der Waals surface area contributed by atoms with Gasteiger partial charge >= 0.3 is 5.82 Å². The Morgan fingerprint density at radius 2 is 2.10 bits per heavy atom. The Kier molecular flexibility index (Phi) is 3.69. The predicted octanol–water partition coefficient (Wildman–Crippen LogP) is 1.71. The molecule has 9 heteroatoms. The van der Waals surface area contributed by atoms with E-state index >= 15 is 0 Å². The first-order valence-electron chi connectivity index (χ1n) is 5.38. The molecule has 0 aliphatic carbocycles. The zero-order valence-corrected chi connectivity index (χ0v) is 9.92. The van der Waals surface area contributed by atoms with E-state index in [9.17, 15) is 23.7 Å². The number of carbonyl (C=O) groups excluding carboxylic acids is 1. The van der Waals surface area contributed by atoms with Gasteiger partial charge in [-0.05, 0) is 17.1 Å². The fourth-order valence-corrected chi connectivity index (χ4v) is 1.46.